The Morgan fingerprint density at radius 1 is 1.23 bits per heavy atom. The van der Waals surface area contributed by atoms with Crippen molar-refractivity contribution in [3.05, 3.63) is 47.5 Å². The number of sulfonamides is 1. The van der Waals surface area contributed by atoms with Crippen molar-refractivity contribution >= 4 is 66.5 Å². The van der Waals surface area contributed by atoms with E-state index in [4.69, 9.17) is 4.99 Å². The number of anilines is 1. The predicted molar refractivity (Wildman–Crippen MR) is 135 cm³/mol. The highest BCUT2D eigenvalue weighted by molar-refractivity contribution is 8.15. The van der Waals surface area contributed by atoms with E-state index in [-0.39, 0.29) is 0 Å². The zero-order chi connectivity index (χ0) is 21.4. The van der Waals surface area contributed by atoms with Crippen LogP contribution in [0.1, 0.15) is 5.69 Å². The van der Waals surface area contributed by atoms with E-state index in [0.29, 0.717) is 15.1 Å². The third-order valence-corrected chi connectivity index (χ3v) is 10.9. The minimum Gasteiger partial charge on any atom is -0.351 e. The van der Waals surface area contributed by atoms with Crippen LogP contribution in [0.5, 0.6) is 0 Å². The maximum absolute atomic E-state index is 13.0. The summed E-state index contributed by atoms with van der Waals surface area (Å²) in [7, 11) is -1.98. The van der Waals surface area contributed by atoms with Crippen molar-refractivity contribution in [1.82, 2.24) is 9.88 Å². The van der Waals surface area contributed by atoms with Gasteiger partial charge in [0, 0.05) is 48.8 Å². The molecule has 0 saturated carbocycles. The highest BCUT2D eigenvalue weighted by atomic mass is 32.2. The van der Waals surface area contributed by atoms with Gasteiger partial charge in [0.25, 0.3) is 10.0 Å². The van der Waals surface area contributed by atoms with Gasteiger partial charge < -0.3 is 9.88 Å². The molecule has 0 amide bonds. The molecule has 4 heterocycles. The first-order chi connectivity index (χ1) is 15.0. The van der Waals surface area contributed by atoms with E-state index in [2.05, 4.69) is 16.0 Å². The largest absolute Gasteiger partial charge is 0.351 e. The molecule has 6 nitrogen and oxygen atoms in total. The molecule has 164 valence electrons. The molecule has 1 fully saturated rings. The number of aromatic amines is 1. The molecule has 0 radical (unpaired) electrons. The molecule has 31 heavy (non-hydrogen) atoms. The first-order valence-corrected chi connectivity index (χ1v) is 14.5. The fraction of sp³-hybridized carbons (Fsp3) is 0.381. The van der Waals surface area contributed by atoms with Gasteiger partial charge in [0.2, 0.25) is 0 Å². The van der Waals surface area contributed by atoms with E-state index in [9.17, 15) is 8.42 Å². The average molecular weight is 493 g/mol. The van der Waals surface area contributed by atoms with Crippen LogP contribution in [0.4, 0.5) is 5.69 Å². The van der Waals surface area contributed by atoms with E-state index in [1.807, 2.05) is 41.7 Å². The summed E-state index contributed by atoms with van der Waals surface area (Å²) >= 11 is 5.09. The monoisotopic (exact) mass is 492 g/mol. The second-order valence-electron chi connectivity index (χ2n) is 7.63. The number of aliphatic imine (C=N–C) groups is 1. The first-order valence-electron chi connectivity index (χ1n) is 10.2. The van der Waals surface area contributed by atoms with Gasteiger partial charge in [-0.15, -0.1) is 11.3 Å². The standard InChI is InChI=1S/C21H24N4O2S4/c1-24(31(26,27)19-6-3-9-29-19)18-5-2-4-15-12-17(23-20(15)18)21-22-13-16(30-21)14-25-7-10-28-11-8-25/h2-6,9,12,16,23H,7-8,10-11,13-14H2,1H3. The van der Waals surface area contributed by atoms with Crippen LogP contribution in [0.25, 0.3) is 10.9 Å². The van der Waals surface area contributed by atoms with Crippen molar-refractivity contribution in [2.24, 2.45) is 4.99 Å². The molecule has 10 heteroatoms. The highest BCUT2D eigenvalue weighted by Crippen LogP contribution is 2.34. The van der Waals surface area contributed by atoms with Crippen LogP contribution in [-0.2, 0) is 10.0 Å². The lowest BCUT2D eigenvalue weighted by atomic mass is 10.2. The highest BCUT2D eigenvalue weighted by Gasteiger charge is 2.27. The fourth-order valence-corrected chi connectivity index (χ4v) is 8.41. The van der Waals surface area contributed by atoms with Gasteiger partial charge in [0.15, 0.2) is 0 Å². The smallest absolute Gasteiger partial charge is 0.273 e. The van der Waals surface area contributed by atoms with E-state index in [1.54, 1.807) is 24.6 Å². The van der Waals surface area contributed by atoms with E-state index in [1.165, 1.54) is 27.1 Å². The molecule has 1 N–H and O–H groups in total. The average Bonchev–Trinajstić information content (AvgIpc) is 3.53. The van der Waals surface area contributed by atoms with Crippen molar-refractivity contribution in [3.8, 4) is 0 Å². The third kappa shape index (κ3) is 4.28. The maximum Gasteiger partial charge on any atom is 0.273 e. The Morgan fingerprint density at radius 2 is 2.06 bits per heavy atom. The molecule has 2 aromatic heterocycles. The number of thioether (sulfide) groups is 2. The van der Waals surface area contributed by atoms with Crippen molar-refractivity contribution in [2.75, 3.05) is 49.0 Å². The Labute approximate surface area is 195 Å². The first kappa shape index (κ1) is 21.4. The lowest BCUT2D eigenvalue weighted by Crippen LogP contribution is -2.37. The number of fused-ring (bicyclic) bond motifs is 1. The SMILES string of the molecule is CN(c1cccc2cc(C3=NCC(CN4CCSCC4)S3)[nH]c12)S(=O)(=O)c1cccs1. The second kappa shape index (κ2) is 8.82. The minimum absolute atomic E-state index is 0.341. The van der Waals surface area contributed by atoms with Gasteiger partial charge in [0.1, 0.15) is 9.25 Å². The summed E-state index contributed by atoms with van der Waals surface area (Å²) in [5.74, 6) is 2.44. The molecule has 2 aliphatic heterocycles. The zero-order valence-electron chi connectivity index (χ0n) is 17.2. The maximum atomic E-state index is 13.0. The van der Waals surface area contributed by atoms with Gasteiger partial charge in [-0.3, -0.25) is 9.30 Å². The third-order valence-electron chi connectivity index (χ3n) is 5.60. The molecule has 0 spiro atoms. The predicted octanol–water partition coefficient (Wildman–Crippen LogP) is 3.97. The van der Waals surface area contributed by atoms with Crippen LogP contribution in [-0.4, -0.2) is 73.3 Å². The number of nitrogens with zero attached hydrogens (tertiary/aromatic N) is 3. The zero-order valence-corrected chi connectivity index (χ0v) is 20.4. The molecular formula is C21H24N4O2S4. The van der Waals surface area contributed by atoms with E-state index in [0.717, 1.165) is 47.8 Å². The Hall–Kier alpha value is -1.46. The molecule has 1 saturated heterocycles. The van der Waals surface area contributed by atoms with Gasteiger partial charge >= 0.3 is 0 Å². The van der Waals surface area contributed by atoms with Crippen LogP contribution in [0.2, 0.25) is 0 Å². The number of hydrogen-bond donors (Lipinski definition) is 1. The molecule has 1 unspecified atom stereocenters. The van der Waals surface area contributed by atoms with E-state index < -0.39 is 10.0 Å². The lowest BCUT2D eigenvalue weighted by Gasteiger charge is -2.28. The number of thiophene rings is 1. The lowest BCUT2D eigenvalue weighted by molar-refractivity contribution is 0.305. The topological polar surface area (TPSA) is 68.8 Å². The van der Waals surface area contributed by atoms with Crippen molar-refractivity contribution < 1.29 is 8.42 Å². The molecule has 1 atom stereocenters. The molecule has 2 aliphatic rings. The van der Waals surface area contributed by atoms with E-state index >= 15 is 0 Å². The van der Waals surface area contributed by atoms with Gasteiger partial charge in [-0.1, -0.05) is 30.0 Å². The Bertz CT molecular complexity index is 1200. The van der Waals surface area contributed by atoms with Crippen LogP contribution >= 0.6 is 34.9 Å². The Kier molecular flexibility index (Phi) is 6.09. The van der Waals surface area contributed by atoms with Crippen LogP contribution in [0.3, 0.4) is 0 Å². The summed E-state index contributed by atoms with van der Waals surface area (Å²) in [6, 6.07) is 11.2. The summed E-state index contributed by atoms with van der Waals surface area (Å²) in [5, 5.41) is 4.26. The second-order valence-corrected chi connectivity index (χ2v) is 13.3. The number of aromatic nitrogens is 1. The molecule has 3 aromatic rings. The molecular weight excluding hydrogens is 469 g/mol. The van der Waals surface area contributed by atoms with Gasteiger partial charge in [0.05, 0.1) is 23.4 Å². The van der Waals surface area contributed by atoms with Crippen molar-refractivity contribution in [2.45, 2.75) is 9.46 Å². The van der Waals surface area contributed by atoms with Crippen molar-refractivity contribution in [1.29, 1.82) is 0 Å². The van der Waals surface area contributed by atoms with Crippen molar-refractivity contribution in [3.63, 3.8) is 0 Å². The number of para-hydroxylation sites is 1. The van der Waals surface area contributed by atoms with Gasteiger partial charge in [-0.25, -0.2) is 8.42 Å². The number of nitrogens with one attached hydrogen (secondary N) is 1. The fourth-order valence-electron chi connectivity index (χ4n) is 3.93. The molecule has 0 bridgehead atoms. The van der Waals surface area contributed by atoms with Gasteiger partial charge in [-0.2, -0.15) is 11.8 Å². The van der Waals surface area contributed by atoms with Crippen LogP contribution < -0.4 is 4.31 Å². The summed E-state index contributed by atoms with van der Waals surface area (Å²) in [4.78, 5) is 10.8. The summed E-state index contributed by atoms with van der Waals surface area (Å²) in [5.41, 5.74) is 2.43. The Morgan fingerprint density at radius 3 is 2.84 bits per heavy atom. The quantitative estimate of drug-likeness (QED) is 0.564. The number of rotatable bonds is 6. The normalized spacial score (nSPS) is 20.3. The van der Waals surface area contributed by atoms with Gasteiger partial charge in [-0.05, 0) is 23.6 Å². The minimum atomic E-state index is -3.59. The summed E-state index contributed by atoms with van der Waals surface area (Å²) in [6.07, 6.45) is 0. The number of hydrogen-bond acceptors (Lipinski definition) is 7. The summed E-state index contributed by atoms with van der Waals surface area (Å²) < 4.78 is 27.7. The Balaban J connectivity index is 1.38. The number of H-pyrrole nitrogens is 1. The summed E-state index contributed by atoms with van der Waals surface area (Å²) in [6.45, 7) is 4.24. The van der Waals surface area contributed by atoms with Crippen LogP contribution in [0, 0.1) is 0 Å². The molecule has 5 rings (SSSR count). The van der Waals surface area contributed by atoms with Crippen LogP contribution in [0.15, 0.2) is 51.0 Å². The molecule has 0 aliphatic carbocycles. The molecule has 1 aromatic carbocycles. The number of benzene rings is 1.